The predicted octanol–water partition coefficient (Wildman–Crippen LogP) is 14.8. The van der Waals surface area contributed by atoms with Crippen molar-refractivity contribution in [1.29, 1.82) is 0 Å². The number of para-hydroxylation sites is 2. The Balaban J connectivity index is 1.14. The first-order valence-electron chi connectivity index (χ1n) is 21.1. The number of anilines is 3. The van der Waals surface area contributed by atoms with E-state index in [1.54, 1.807) is 6.26 Å². The lowest BCUT2D eigenvalue weighted by atomic mass is 9.52. The van der Waals surface area contributed by atoms with Gasteiger partial charge in [0.05, 0.1) is 17.1 Å². The molecule has 0 bridgehead atoms. The molecule has 3 nitrogen and oxygen atoms in total. The summed E-state index contributed by atoms with van der Waals surface area (Å²) in [7, 11) is 0. The van der Waals surface area contributed by atoms with Crippen LogP contribution in [0.15, 0.2) is 221 Å². The van der Waals surface area contributed by atoms with Gasteiger partial charge >= 0.3 is 0 Å². The molecule has 0 unspecified atom stereocenters. The average molecular weight is 778 g/mol. The number of hydrogen-bond donors (Lipinski definition) is 0. The van der Waals surface area contributed by atoms with Gasteiger partial charge in [0.15, 0.2) is 0 Å². The number of benzene rings is 9. The third-order valence-corrected chi connectivity index (χ3v) is 14.0. The minimum absolute atomic E-state index is 0.519. The van der Waals surface area contributed by atoms with Gasteiger partial charge in [0.1, 0.15) is 16.7 Å². The average Bonchev–Trinajstić information content (AvgIpc) is 4.09. The molecule has 2 heterocycles. The van der Waals surface area contributed by atoms with Crippen molar-refractivity contribution in [2.24, 2.45) is 0 Å². The van der Waals surface area contributed by atoms with Crippen LogP contribution in [-0.2, 0) is 10.8 Å². The minimum Gasteiger partial charge on any atom is -0.464 e. The van der Waals surface area contributed by atoms with Gasteiger partial charge in [0, 0.05) is 33.2 Å². The van der Waals surface area contributed by atoms with Crippen molar-refractivity contribution in [2.45, 2.75) is 10.8 Å². The second kappa shape index (κ2) is 11.9. The summed E-state index contributed by atoms with van der Waals surface area (Å²) in [4.78, 5) is 2.39. The maximum Gasteiger partial charge on any atom is 0.136 e. The highest BCUT2D eigenvalue weighted by Crippen LogP contribution is 2.68. The van der Waals surface area contributed by atoms with Gasteiger partial charge in [0.2, 0.25) is 0 Å². The van der Waals surface area contributed by atoms with Crippen LogP contribution in [0.4, 0.5) is 17.1 Å². The van der Waals surface area contributed by atoms with Crippen LogP contribution in [0, 0.1) is 0 Å². The zero-order valence-electron chi connectivity index (χ0n) is 33.0. The molecule has 2 aromatic heterocycles. The highest BCUT2D eigenvalue weighted by Gasteiger charge is 2.59. The fourth-order valence-electron chi connectivity index (χ4n) is 11.8. The van der Waals surface area contributed by atoms with E-state index in [0.29, 0.717) is 0 Å². The number of rotatable bonds is 3. The maximum absolute atomic E-state index is 6.65. The van der Waals surface area contributed by atoms with E-state index < -0.39 is 10.8 Å². The van der Waals surface area contributed by atoms with Gasteiger partial charge in [-0.2, -0.15) is 0 Å². The quantitative estimate of drug-likeness (QED) is 0.179. The molecular formula is C58H35NO2. The highest BCUT2D eigenvalue weighted by molar-refractivity contribution is 6.16. The molecule has 11 aromatic rings. The van der Waals surface area contributed by atoms with Gasteiger partial charge in [-0.3, -0.25) is 0 Å². The van der Waals surface area contributed by atoms with Gasteiger partial charge in [-0.25, -0.2) is 0 Å². The Hall–Kier alpha value is -7.88. The standard InChI is InChI=1S/C58H35NO2/c1-2-14-37(15-3-1)59(38-27-30-52-36(34-38)32-33-60-52)39-26-28-42-51(35-39)58(50-29-31-54-56(55(42)50)43-18-6-13-25-53(43)61-54)48-23-11-9-21-46(48)57(47-22-10-12-24-49(47)58)44-19-7-4-16-40(44)41-17-5-8-20-45(41)57/h1-35H. The number of hydrogen-bond acceptors (Lipinski definition) is 3. The predicted molar refractivity (Wildman–Crippen MR) is 246 cm³/mol. The molecule has 0 radical (unpaired) electrons. The largest absolute Gasteiger partial charge is 0.464 e. The minimum atomic E-state index is -0.672. The Kier molecular flexibility index (Phi) is 6.42. The first-order chi connectivity index (χ1) is 30.3. The molecule has 3 aliphatic carbocycles. The molecule has 0 saturated heterocycles. The number of nitrogens with zero attached hydrogens (tertiary/aromatic N) is 1. The Labute approximate surface area is 352 Å². The van der Waals surface area contributed by atoms with Crippen molar-refractivity contribution in [3.63, 3.8) is 0 Å². The van der Waals surface area contributed by atoms with Crippen LogP contribution < -0.4 is 4.90 Å². The molecule has 0 saturated carbocycles. The summed E-state index contributed by atoms with van der Waals surface area (Å²) in [5.41, 5.74) is 20.2. The van der Waals surface area contributed by atoms with Gasteiger partial charge in [-0.15, -0.1) is 0 Å². The zero-order chi connectivity index (χ0) is 39.9. The molecule has 0 fully saturated rings. The lowest BCUT2D eigenvalue weighted by Crippen LogP contribution is -2.43. The first-order valence-corrected chi connectivity index (χ1v) is 21.1. The van der Waals surface area contributed by atoms with Gasteiger partial charge < -0.3 is 13.7 Å². The van der Waals surface area contributed by atoms with Crippen molar-refractivity contribution in [1.82, 2.24) is 0 Å². The fourth-order valence-corrected chi connectivity index (χ4v) is 11.8. The van der Waals surface area contributed by atoms with E-state index in [1.165, 1.54) is 66.8 Å². The van der Waals surface area contributed by atoms with E-state index in [4.69, 9.17) is 8.83 Å². The van der Waals surface area contributed by atoms with Crippen LogP contribution >= 0.6 is 0 Å². The van der Waals surface area contributed by atoms with Crippen LogP contribution in [0.3, 0.4) is 0 Å². The van der Waals surface area contributed by atoms with Crippen molar-refractivity contribution in [2.75, 3.05) is 4.90 Å². The second-order valence-electron chi connectivity index (χ2n) is 16.7. The van der Waals surface area contributed by atoms with E-state index in [2.05, 4.69) is 205 Å². The second-order valence-corrected chi connectivity index (χ2v) is 16.7. The summed E-state index contributed by atoms with van der Waals surface area (Å²) in [5, 5.41) is 3.36. The lowest BCUT2D eigenvalue weighted by molar-refractivity contribution is 0.616. The first kappa shape index (κ1) is 33.0. The monoisotopic (exact) mass is 777 g/mol. The molecule has 0 atom stereocenters. The Bertz CT molecular complexity index is 3530. The molecule has 2 spiro atoms. The van der Waals surface area contributed by atoms with E-state index in [1.807, 2.05) is 6.07 Å². The summed E-state index contributed by atoms with van der Waals surface area (Å²) in [6, 6.07) is 76.3. The Morgan fingerprint density at radius 2 is 0.902 bits per heavy atom. The molecule has 61 heavy (non-hydrogen) atoms. The van der Waals surface area contributed by atoms with Crippen molar-refractivity contribution < 1.29 is 8.83 Å². The Morgan fingerprint density at radius 1 is 0.344 bits per heavy atom. The van der Waals surface area contributed by atoms with Crippen molar-refractivity contribution >= 4 is 50.0 Å². The molecule has 9 aromatic carbocycles. The summed E-state index contributed by atoms with van der Waals surface area (Å²) in [5.74, 6) is 0. The van der Waals surface area contributed by atoms with Gasteiger partial charge in [-0.1, -0.05) is 146 Å². The molecular weight excluding hydrogens is 743 g/mol. The van der Waals surface area contributed by atoms with E-state index in [0.717, 1.165) is 50.0 Å². The normalized spacial score (nSPS) is 14.5. The van der Waals surface area contributed by atoms with Crippen LogP contribution in [0.5, 0.6) is 0 Å². The van der Waals surface area contributed by atoms with Gasteiger partial charge in [0.25, 0.3) is 0 Å². The topological polar surface area (TPSA) is 29.5 Å². The smallest absolute Gasteiger partial charge is 0.136 e. The number of furan rings is 2. The summed E-state index contributed by atoms with van der Waals surface area (Å²) in [6.07, 6.45) is 1.77. The van der Waals surface area contributed by atoms with Crippen LogP contribution in [0.25, 0.3) is 55.2 Å². The molecule has 14 rings (SSSR count). The SMILES string of the molecule is c1ccc(N(c2ccc3c(c2)C2(c4ccccc4C4(c5ccccc5-c5ccccc54)c4ccccc42)c2ccc4oc5ccccc5c4c2-3)c2ccc3occc3c2)cc1. The van der Waals surface area contributed by atoms with Crippen molar-refractivity contribution in [3.05, 3.63) is 257 Å². The molecule has 284 valence electrons. The number of fused-ring (bicyclic) bond motifs is 21. The highest BCUT2D eigenvalue weighted by atomic mass is 16.3. The van der Waals surface area contributed by atoms with E-state index >= 15 is 0 Å². The Morgan fingerprint density at radius 3 is 1.61 bits per heavy atom. The fraction of sp³-hybridized carbons (Fsp3) is 0.0345. The molecule has 0 N–H and O–H groups in total. The lowest BCUT2D eigenvalue weighted by Gasteiger charge is -2.49. The molecule has 3 heteroatoms. The van der Waals surface area contributed by atoms with Crippen LogP contribution in [0.1, 0.15) is 44.5 Å². The van der Waals surface area contributed by atoms with E-state index in [-0.39, 0.29) is 0 Å². The van der Waals surface area contributed by atoms with Crippen molar-refractivity contribution in [3.8, 4) is 22.3 Å². The summed E-state index contributed by atoms with van der Waals surface area (Å²) in [6.45, 7) is 0. The van der Waals surface area contributed by atoms with Crippen LogP contribution in [-0.4, -0.2) is 0 Å². The molecule has 3 aliphatic rings. The van der Waals surface area contributed by atoms with Crippen LogP contribution in [0.2, 0.25) is 0 Å². The molecule has 0 aliphatic heterocycles. The summed E-state index contributed by atoms with van der Waals surface area (Å²) >= 11 is 0. The van der Waals surface area contributed by atoms with E-state index in [9.17, 15) is 0 Å². The third kappa shape index (κ3) is 4.04. The van der Waals surface area contributed by atoms with Gasteiger partial charge in [-0.05, 0) is 127 Å². The summed E-state index contributed by atoms with van der Waals surface area (Å²) < 4.78 is 12.5. The third-order valence-electron chi connectivity index (χ3n) is 14.0. The molecule has 0 amide bonds. The zero-order valence-corrected chi connectivity index (χ0v) is 33.0. The maximum atomic E-state index is 6.65.